The van der Waals surface area contributed by atoms with Crippen molar-refractivity contribution in [1.29, 1.82) is 0 Å². The van der Waals surface area contributed by atoms with Gasteiger partial charge in [0.05, 0.1) is 23.1 Å². The van der Waals surface area contributed by atoms with Gasteiger partial charge < -0.3 is 15.8 Å². The third kappa shape index (κ3) is 6.17. The molecule has 1 heterocycles. The quantitative estimate of drug-likeness (QED) is 0.549. The van der Waals surface area contributed by atoms with Gasteiger partial charge in [-0.15, -0.1) is 0 Å². The lowest BCUT2D eigenvalue weighted by molar-refractivity contribution is -0.105. The first-order valence-corrected chi connectivity index (χ1v) is 10.8. The Balaban J connectivity index is 2.50. The predicted molar refractivity (Wildman–Crippen MR) is 125 cm³/mol. The Morgan fingerprint density at radius 1 is 1.39 bits per heavy atom. The lowest BCUT2D eigenvalue weighted by Gasteiger charge is -2.39. The van der Waals surface area contributed by atoms with Crippen molar-refractivity contribution in [3.63, 3.8) is 0 Å². The van der Waals surface area contributed by atoms with E-state index < -0.39 is 17.7 Å². The number of piperidine rings is 1. The molecule has 1 aliphatic heterocycles. The molecule has 0 aromatic heterocycles. The maximum atomic E-state index is 12.9. The Hall–Kier alpha value is -2.67. The Bertz CT molecular complexity index is 881. The highest BCUT2D eigenvalue weighted by Gasteiger charge is 2.37. The fourth-order valence-corrected chi connectivity index (χ4v) is 3.66. The molecule has 1 unspecified atom stereocenters. The number of rotatable bonds is 5. The third-order valence-electron chi connectivity index (χ3n) is 5.22. The summed E-state index contributed by atoms with van der Waals surface area (Å²) in [5.74, 6) is 0.429. The van der Waals surface area contributed by atoms with Crippen LogP contribution in [0, 0.1) is 6.92 Å². The van der Waals surface area contributed by atoms with E-state index in [1.54, 1.807) is 11.9 Å². The summed E-state index contributed by atoms with van der Waals surface area (Å²) >= 11 is 0. The fourth-order valence-electron chi connectivity index (χ4n) is 3.66. The van der Waals surface area contributed by atoms with E-state index in [-0.39, 0.29) is 5.70 Å². The molecule has 0 aliphatic carbocycles. The van der Waals surface area contributed by atoms with E-state index in [0.717, 1.165) is 17.0 Å². The van der Waals surface area contributed by atoms with Crippen LogP contribution in [0.2, 0.25) is 0 Å². The van der Waals surface area contributed by atoms with E-state index in [4.69, 9.17) is 15.5 Å². The summed E-state index contributed by atoms with van der Waals surface area (Å²) in [5.41, 5.74) is 10.0. The number of aldehydes is 1. The molecule has 1 aromatic rings. The van der Waals surface area contributed by atoms with Gasteiger partial charge in [-0.3, -0.25) is 14.7 Å². The number of allylic oxidation sites excluding steroid dienone is 1. The van der Waals surface area contributed by atoms with Crippen molar-refractivity contribution in [2.45, 2.75) is 65.5 Å². The van der Waals surface area contributed by atoms with Crippen molar-refractivity contribution >= 4 is 23.8 Å². The molecule has 170 valence electrons. The van der Waals surface area contributed by atoms with Gasteiger partial charge in [0.1, 0.15) is 5.60 Å². The molecule has 1 fully saturated rings. The maximum Gasteiger partial charge on any atom is 0.410 e. The third-order valence-corrected chi connectivity index (χ3v) is 5.22. The van der Waals surface area contributed by atoms with Crippen LogP contribution in [0.3, 0.4) is 0 Å². The number of likely N-dealkylation sites (tertiary alicyclic amines) is 1. The van der Waals surface area contributed by atoms with Crippen LogP contribution in [0.4, 0.5) is 10.5 Å². The summed E-state index contributed by atoms with van der Waals surface area (Å²) in [6.07, 6.45) is 0.677. The molecular weight excluding hydrogens is 392 g/mol. The highest BCUT2D eigenvalue weighted by molar-refractivity contribution is 6.07. The van der Waals surface area contributed by atoms with Crippen LogP contribution < -0.4 is 11.1 Å². The summed E-state index contributed by atoms with van der Waals surface area (Å²) in [7, 11) is 1.79. The number of likely N-dealkylation sites (N-methyl/N-ethyl adjacent to an activating group) is 1. The van der Waals surface area contributed by atoms with Crippen LogP contribution in [-0.4, -0.2) is 54.8 Å². The van der Waals surface area contributed by atoms with Gasteiger partial charge in [-0.2, -0.15) is 0 Å². The summed E-state index contributed by atoms with van der Waals surface area (Å²) in [6, 6.07) is 5.76. The largest absolute Gasteiger partial charge is 0.444 e. The van der Waals surface area contributed by atoms with Crippen LogP contribution in [0.15, 0.2) is 34.5 Å². The molecular formula is C24H36N4O3. The molecule has 0 spiro atoms. The molecule has 31 heavy (non-hydrogen) atoms. The Morgan fingerprint density at radius 2 is 2.06 bits per heavy atom. The molecule has 1 aromatic carbocycles. The number of amides is 1. The molecule has 7 nitrogen and oxygen atoms in total. The molecule has 7 heteroatoms. The van der Waals surface area contributed by atoms with Crippen molar-refractivity contribution in [3.05, 3.63) is 40.6 Å². The number of ether oxygens (including phenoxy) is 1. The number of benzene rings is 1. The zero-order valence-electron chi connectivity index (χ0n) is 19.8. The van der Waals surface area contributed by atoms with Gasteiger partial charge >= 0.3 is 6.09 Å². The minimum absolute atomic E-state index is 0.0868. The Kier molecular flexibility index (Phi) is 8.01. The Labute approximate surface area is 185 Å². The normalized spacial score (nSPS) is 20.2. The van der Waals surface area contributed by atoms with Crippen LogP contribution in [-0.2, 0) is 9.53 Å². The molecule has 1 saturated heterocycles. The highest BCUT2D eigenvalue weighted by atomic mass is 16.6. The highest BCUT2D eigenvalue weighted by Crippen LogP contribution is 2.29. The molecule has 0 saturated carbocycles. The minimum atomic E-state index is -0.620. The average Bonchev–Trinajstić information content (AvgIpc) is 2.67. The number of nitrogens with zero attached hydrogens (tertiary/aromatic N) is 2. The van der Waals surface area contributed by atoms with Gasteiger partial charge in [0.25, 0.3) is 0 Å². The van der Waals surface area contributed by atoms with Crippen LogP contribution >= 0.6 is 0 Å². The van der Waals surface area contributed by atoms with Gasteiger partial charge in [-0.05, 0) is 57.9 Å². The monoisotopic (exact) mass is 428 g/mol. The SMILES string of the molecule is CNCC1/C(=C(/N)C=O)C(=Nc2ccc(C(C)C)cc2C)CCN1C(=O)OC(C)(C)C. The molecule has 1 amide bonds. The van der Waals surface area contributed by atoms with Gasteiger partial charge in [-0.25, -0.2) is 4.79 Å². The summed E-state index contributed by atoms with van der Waals surface area (Å²) in [4.78, 5) is 31.0. The topological polar surface area (TPSA) is 97.0 Å². The number of nitrogens with one attached hydrogen (secondary N) is 1. The van der Waals surface area contributed by atoms with Gasteiger partial charge in [0.2, 0.25) is 0 Å². The molecule has 1 atom stereocenters. The van der Waals surface area contributed by atoms with Crippen molar-refractivity contribution in [2.75, 3.05) is 20.1 Å². The van der Waals surface area contributed by atoms with Gasteiger partial charge in [0, 0.05) is 25.1 Å². The van der Waals surface area contributed by atoms with E-state index in [1.807, 2.05) is 33.8 Å². The van der Waals surface area contributed by atoms with Crippen molar-refractivity contribution in [2.24, 2.45) is 10.7 Å². The first-order chi connectivity index (χ1) is 14.5. The van der Waals surface area contributed by atoms with E-state index in [2.05, 4.69) is 31.3 Å². The second-order valence-electron chi connectivity index (χ2n) is 9.24. The molecule has 0 bridgehead atoms. The van der Waals surface area contributed by atoms with E-state index in [0.29, 0.717) is 37.3 Å². The van der Waals surface area contributed by atoms with E-state index in [9.17, 15) is 9.59 Å². The smallest absolute Gasteiger partial charge is 0.410 e. The molecule has 0 radical (unpaired) electrons. The standard InChI is InChI=1S/C24H36N4O3/c1-15(2)17-8-9-19(16(3)12-17)27-20-10-11-28(23(30)31-24(4,5)6)21(13-26-7)22(20)18(25)14-29/h8-9,12,14-15,21,26H,10-11,13,25H2,1-7H3/b22-18+,27-20?. The summed E-state index contributed by atoms with van der Waals surface area (Å²) in [6.45, 7) is 12.7. The minimum Gasteiger partial charge on any atom is -0.444 e. The molecule has 2 rings (SSSR count). The maximum absolute atomic E-state index is 12.9. The van der Waals surface area contributed by atoms with Crippen LogP contribution in [0.1, 0.15) is 58.1 Å². The number of carbonyl (C=O) groups excluding carboxylic acids is 2. The van der Waals surface area contributed by atoms with Crippen LogP contribution in [0.25, 0.3) is 0 Å². The summed E-state index contributed by atoms with van der Waals surface area (Å²) in [5, 5.41) is 3.10. The van der Waals surface area contributed by atoms with Crippen LogP contribution in [0.5, 0.6) is 0 Å². The van der Waals surface area contributed by atoms with E-state index >= 15 is 0 Å². The lowest BCUT2D eigenvalue weighted by atomic mass is 9.91. The Morgan fingerprint density at radius 3 is 2.58 bits per heavy atom. The fraction of sp³-hybridized carbons (Fsp3) is 0.542. The van der Waals surface area contributed by atoms with Gasteiger partial charge in [-0.1, -0.05) is 26.0 Å². The number of hydrogen-bond donors (Lipinski definition) is 2. The van der Waals surface area contributed by atoms with Crippen molar-refractivity contribution < 1.29 is 14.3 Å². The number of nitrogens with two attached hydrogens (primary N) is 1. The number of hydrogen-bond acceptors (Lipinski definition) is 6. The number of aryl methyl sites for hydroxylation is 1. The molecule has 3 N–H and O–H groups in total. The second kappa shape index (κ2) is 10.1. The number of carbonyl (C=O) groups is 2. The molecule has 1 aliphatic rings. The lowest BCUT2D eigenvalue weighted by Crippen LogP contribution is -2.53. The predicted octanol–water partition coefficient (Wildman–Crippen LogP) is 3.83. The second-order valence-corrected chi connectivity index (χ2v) is 9.24. The van der Waals surface area contributed by atoms with E-state index in [1.165, 1.54) is 5.56 Å². The zero-order valence-corrected chi connectivity index (χ0v) is 19.8. The number of aliphatic imine (C=N–C) groups is 1. The first-order valence-electron chi connectivity index (χ1n) is 10.8. The van der Waals surface area contributed by atoms with Crippen molar-refractivity contribution in [1.82, 2.24) is 10.2 Å². The first kappa shape index (κ1) is 24.6. The van der Waals surface area contributed by atoms with Gasteiger partial charge in [0.15, 0.2) is 6.29 Å². The summed E-state index contributed by atoms with van der Waals surface area (Å²) < 4.78 is 5.59. The van der Waals surface area contributed by atoms with Crippen molar-refractivity contribution in [3.8, 4) is 0 Å². The zero-order chi connectivity index (χ0) is 23.3. The average molecular weight is 429 g/mol.